The van der Waals surface area contributed by atoms with E-state index in [4.69, 9.17) is 17.3 Å². The van der Waals surface area contributed by atoms with Crippen LogP contribution in [0.1, 0.15) is 0 Å². The summed E-state index contributed by atoms with van der Waals surface area (Å²) in [4.78, 5) is 4.48. The van der Waals surface area contributed by atoms with Crippen molar-refractivity contribution in [3.05, 3.63) is 47.2 Å². The SMILES string of the molecule is Cn1c(-c2c(N)cccc2Cl)nc2ccc(F)cc21. The number of imidazole rings is 1. The van der Waals surface area contributed by atoms with E-state index in [0.717, 1.165) is 0 Å². The molecule has 3 rings (SSSR count). The Kier molecular flexibility index (Phi) is 2.68. The number of hydrogen-bond acceptors (Lipinski definition) is 2. The normalized spacial score (nSPS) is 11.1. The third kappa shape index (κ3) is 1.85. The number of halogens is 2. The number of benzene rings is 2. The minimum atomic E-state index is -0.297. The first-order valence-corrected chi connectivity index (χ1v) is 6.12. The van der Waals surface area contributed by atoms with E-state index in [1.165, 1.54) is 12.1 Å². The highest BCUT2D eigenvalue weighted by molar-refractivity contribution is 6.33. The monoisotopic (exact) mass is 275 g/mol. The molecular formula is C14H11ClFN3. The maximum atomic E-state index is 13.3. The van der Waals surface area contributed by atoms with Gasteiger partial charge in [0, 0.05) is 12.7 Å². The molecule has 0 unspecified atom stereocenters. The summed E-state index contributed by atoms with van der Waals surface area (Å²) in [6, 6.07) is 9.77. The minimum Gasteiger partial charge on any atom is -0.398 e. The second kappa shape index (κ2) is 4.24. The lowest BCUT2D eigenvalue weighted by Gasteiger charge is -2.07. The number of nitrogen functional groups attached to an aromatic ring is 1. The number of nitrogens with zero attached hydrogens (tertiary/aromatic N) is 2. The van der Waals surface area contributed by atoms with Crippen LogP contribution in [0.4, 0.5) is 10.1 Å². The van der Waals surface area contributed by atoms with Gasteiger partial charge in [0.15, 0.2) is 0 Å². The third-order valence-corrected chi connectivity index (χ3v) is 3.43. The molecular weight excluding hydrogens is 265 g/mol. The van der Waals surface area contributed by atoms with Crippen molar-refractivity contribution in [2.45, 2.75) is 0 Å². The van der Waals surface area contributed by atoms with Crippen molar-refractivity contribution in [3.63, 3.8) is 0 Å². The van der Waals surface area contributed by atoms with Crippen LogP contribution < -0.4 is 5.73 Å². The molecule has 3 aromatic rings. The second-order valence-corrected chi connectivity index (χ2v) is 4.74. The largest absolute Gasteiger partial charge is 0.398 e. The maximum absolute atomic E-state index is 13.3. The van der Waals surface area contributed by atoms with Crippen molar-refractivity contribution in [2.24, 2.45) is 7.05 Å². The smallest absolute Gasteiger partial charge is 0.144 e. The molecule has 0 radical (unpaired) electrons. The molecule has 0 fully saturated rings. The molecule has 0 atom stereocenters. The molecule has 1 aromatic heterocycles. The maximum Gasteiger partial charge on any atom is 0.144 e. The third-order valence-electron chi connectivity index (χ3n) is 3.11. The van der Waals surface area contributed by atoms with Gasteiger partial charge in [0.05, 0.1) is 21.6 Å². The van der Waals surface area contributed by atoms with E-state index in [2.05, 4.69) is 4.98 Å². The number of hydrogen-bond donors (Lipinski definition) is 1. The molecule has 0 aliphatic carbocycles. The van der Waals surface area contributed by atoms with Gasteiger partial charge in [-0.05, 0) is 30.3 Å². The molecule has 2 aromatic carbocycles. The van der Waals surface area contributed by atoms with Gasteiger partial charge in [0.25, 0.3) is 0 Å². The summed E-state index contributed by atoms with van der Waals surface area (Å²) in [6.45, 7) is 0. The van der Waals surface area contributed by atoms with Gasteiger partial charge in [-0.2, -0.15) is 0 Å². The van der Waals surface area contributed by atoms with E-state index in [1.54, 1.807) is 28.8 Å². The van der Waals surface area contributed by atoms with Crippen molar-refractivity contribution >= 4 is 28.3 Å². The van der Waals surface area contributed by atoms with Crippen molar-refractivity contribution in [1.82, 2.24) is 9.55 Å². The molecule has 0 aliphatic rings. The van der Waals surface area contributed by atoms with Gasteiger partial charge in [-0.15, -0.1) is 0 Å². The van der Waals surface area contributed by atoms with Gasteiger partial charge in [0.1, 0.15) is 11.6 Å². The Morgan fingerprint density at radius 1 is 1.26 bits per heavy atom. The number of nitrogens with two attached hydrogens (primary N) is 1. The van der Waals surface area contributed by atoms with Gasteiger partial charge in [-0.25, -0.2) is 9.37 Å². The van der Waals surface area contributed by atoms with Crippen LogP contribution in [0.15, 0.2) is 36.4 Å². The molecule has 19 heavy (non-hydrogen) atoms. The predicted octanol–water partition coefficient (Wildman–Crippen LogP) is 3.62. The lowest BCUT2D eigenvalue weighted by molar-refractivity contribution is 0.629. The molecule has 0 saturated carbocycles. The number of aryl methyl sites for hydroxylation is 1. The highest BCUT2D eigenvalue weighted by Crippen LogP contribution is 2.34. The van der Waals surface area contributed by atoms with Crippen LogP contribution in [-0.2, 0) is 7.05 Å². The fraction of sp³-hybridized carbons (Fsp3) is 0.0714. The average Bonchev–Trinajstić information content (AvgIpc) is 2.67. The van der Waals surface area contributed by atoms with E-state index < -0.39 is 0 Å². The first-order valence-electron chi connectivity index (χ1n) is 5.74. The van der Waals surface area contributed by atoms with E-state index in [1.807, 2.05) is 7.05 Å². The lowest BCUT2D eigenvalue weighted by atomic mass is 10.1. The zero-order valence-corrected chi connectivity index (χ0v) is 10.9. The molecule has 0 aliphatic heterocycles. The summed E-state index contributed by atoms with van der Waals surface area (Å²) >= 11 is 6.19. The van der Waals surface area contributed by atoms with Crippen LogP contribution in [0.3, 0.4) is 0 Å². The van der Waals surface area contributed by atoms with Gasteiger partial charge >= 0.3 is 0 Å². The van der Waals surface area contributed by atoms with Gasteiger partial charge in [-0.3, -0.25) is 0 Å². The first-order chi connectivity index (χ1) is 9.08. The molecule has 0 spiro atoms. The van der Waals surface area contributed by atoms with Crippen LogP contribution in [0.5, 0.6) is 0 Å². The van der Waals surface area contributed by atoms with E-state index in [0.29, 0.717) is 33.1 Å². The molecule has 2 N–H and O–H groups in total. The highest BCUT2D eigenvalue weighted by Gasteiger charge is 2.15. The Hall–Kier alpha value is -2.07. The Labute approximate surface area is 114 Å². The minimum absolute atomic E-state index is 0.297. The van der Waals surface area contributed by atoms with Crippen molar-refractivity contribution in [2.75, 3.05) is 5.73 Å². The van der Waals surface area contributed by atoms with E-state index in [-0.39, 0.29) is 5.82 Å². The topological polar surface area (TPSA) is 43.8 Å². The molecule has 0 bridgehead atoms. The average molecular weight is 276 g/mol. The zero-order chi connectivity index (χ0) is 13.6. The van der Waals surface area contributed by atoms with Crippen LogP contribution in [0, 0.1) is 5.82 Å². The Morgan fingerprint density at radius 2 is 2.05 bits per heavy atom. The van der Waals surface area contributed by atoms with Crippen LogP contribution in [-0.4, -0.2) is 9.55 Å². The Balaban J connectivity index is 2.35. The van der Waals surface area contributed by atoms with Crippen LogP contribution in [0.2, 0.25) is 5.02 Å². The van der Waals surface area contributed by atoms with Crippen molar-refractivity contribution < 1.29 is 4.39 Å². The Morgan fingerprint density at radius 3 is 2.79 bits per heavy atom. The van der Waals surface area contributed by atoms with Crippen LogP contribution in [0.25, 0.3) is 22.4 Å². The zero-order valence-electron chi connectivity index (χ0n) is 10.2. The summed E-state index contributed by atoms with van der Waals surface area (Å²) in [6.07, 6.45) is 0. The van der Waals surface area contributed by atoms with Crippen molar-refractivity contribution in [3.8, 4) is 11.4 Å². The van der Waals surface area contributed by atoms with E-state index in [9.17, 15) is 4.39 Å². The number of rotatable bonds is 1. The molecule has 5 heteroatoms. The van der Waals surface area contributed by atoms with Crippen LogP contribution >= 0.6 is 11.6 Å². The summed E-state index contributed by atoms with van der Waals surface area (Å²) in [5.74, 6) is 0.331. The molecule has 0 amide bonds. The summed E-state index contributed by atoms with van der Waals surface area (Å²) in [5.41, 5.74) is 8.59. The van der Waals surface area contributed by atoms with Gasteiger partial charge in [-0.1, -0.05) is 17.7 Å². The van der Waals surface area contributed by atoms with Gasteiger partial charge in [0.2, 0.25) is 0 Å². The lowest BCUT2D eigenvalue weighted by Crippen LogP contribution is -1.97. The predicted molar refractivity (Wildman–Crippen MR) is 75.5 cm³/mol. The number of fused-ring (bicyclic) bond motifs is 1. The summed E-state index contributed by atoms with van der Waals surface area (Å²) < 4.78 is 15.1. The van der Waals surface area contributed by atoms with Crippen molar-refractivity contribution in [1.29, 1.82) is 0 Å². The second-order valence-electron chi connectivity index (χ2n) is 4.33. The quantitative estimate of drug-likeness (QED) is 0.690. The number of anilines is 1. The summed E-state index contributed by atoms with van der Waals surface area (Å²) in [5, 5.41) is 0.527. The number of aromatic nitrogens is 2. The molecule has 1 heterocycles. The van der Waals surface area contributed by atoms with Gasteiger partial charge < -0.3 is 10.3 Å². The first kappa shape index (κ1) is 12.0. The molecule has 3 nitrogen and oxygen atoms in total. The fourth-order valence-electron chi connectivity index (χ4n) is 2.16. The van der Waals surface area contributed by atoms with E-state index >= 15 is 0 Å². The molecule has 96 valence electrons. The summed E-state index contributed by atoms with van der Waals surface area (Å²) in [7, 11) is 1.81. The molecule has 0 saturated heterocycles. The highest BCUT2D eigenvalue weighted by atomic mass is 35.5. The Bertz CT molecular complexity index is 759. The standard InChI is InChI=1S/C14H11ClFN3/c1-19-12-7-8(16)5-6-11(12)18-14(19)13-9(15)3-2-4-10(13)17/h2-7H,17H2,1H3. The fourth-order valence-corrected chi connectivity index (χ4v) is 2.43.